The summed E-state index contributed by atoms with van der Waals surface area (Å²) < 4.78 is 5.67. The molecule has 0 radical (unpaired) electrons. The van der Waals surface area contributed by atoms with Crippen LogP contribution in [0, 0.1) is 31.1 Å². The van der Waals surface area contributed by atoms with Crippen molar-refractivity contribution in [3.63, 3.8) is 0 Å². The fourth-order valence-electron chi connectivity index (χ4n) is 1.73. The summed E-state index contributed by atoms with van der Waals surface area (Å²) in [4.78, 5) is 5.74. The summed E-state index contributed by atoms with van der Waals surface area (Å²) in [6.07, 6.45) is 0. The Kier molecular flexibility index (Phi) is 4.41. The zero-order chi connectivity index (χ0) is 14.7. The Morgan fingerprint density at radius 2 is 2.10 bits per heavy atom. The summed E-state index contributed by atoms with van der Waals surface area (Å²) >= 11 is 1.65. The van der Waals surface area contributed by atoms with Crippen molar-refractivity contribution in [2.45, 2.75) is 27.7 Å². The quantitative estimate of drug-likeness (QED) is 0.840. The van der Waals surface area contributed by atoms with Crippen LogP contribution >= 0.6 is 11.3 Å². The van der Waals surface area contributed by atoms with E-state index >= 15 is 0 Å². The van der Waals surface area contributed by atoms with Crippen molar-refractivity contribution in [1.29, 1.82) is 5.26 Å². The Morgan fingerprint density at radius 3 is 2.65 bits per heavy atom. The molecule has 1 heterocycles. The van der Waals surface area contributed by atoms with Gasteiger partial charge in [0.2, 0.25) is 0 Å². The van der Waals surface area contributed by atoms with Gasteiger partial charge in [0.05, 0.1) is 17.9 Å². The lowest BCUT2D eigenvalue weighted by atomic mass is 10.1. The average molecular weight is 286 g/mol. The number of nitrogens with zero attached hydrogens (tertiary/aromatic N) is 2. The molecule has 0 unspecified atom stereocenters. The van der Waals surface area contributed by atoms with Crippen molar-refractivity contribution in [3.05, 3.63) is 34.3 Å². The van der Waals surface area contributed by atoms with Crippen LogP contribution in [-0.2, 0) is 0 Å². The Hall–Kier alpha value is -1.86. The van der Waals surface area contributed by atoms with Crippen LogP contribution in [0.2, 0.25) is 0 Å². The molecule has 4 heteroatoms. The topological polar surface area (TPSA) is 45.9 Å². The average Bonchev–Trinajstić information content (AvgIpc) is 2.76. The summed E-state index contributed by atoms with van der Waals surface area (Å²) in [5, 5.41) is 10.2. The van der Waals surface area contributed by atoms with E-state index in [1.807, 2.05) is 25.1 Å². The molecule has 0 atom stereocenters. The Morgan fingerprint density at radius 1 is 1.35 bits per heavy atom. The van der Waals surface area contributed by atoms with E-state index in [4.69, 9.17) is 4.74 Å². The van der Waals surface area contributed by atoms with Crippen LogP contribution in [0.4, 0.5) is 0 Å². The molecule has 0 aliphatic carbocycles. The van der Waals surface area contributed by atoms with E-state index in [1.165, 1.54) is 4.88 Å². The van der Waals surface area contributed by atoms with E-state index in [9.17, 15) is 5.26 Å². The van der Waals surface area contributed by atoms with Crippen molar-refractivity contribution < 1.29 is 4.74 Å². The third-order valence-corrected chi connectivity index (χ3v) is 4.07. The van der Waals surface area contributed by atoms with Crippen LogP contribution < -0.4 is 4.74 Å². The minimum absolute atomic E-state index is 0.436. The molecular weight excluding hydrogens is 268 g/mol. The second-order valence-corrected chi connectivity index (χ2v) is 6.39. The van der Waals surface area contributed by atoms with Gasteiger partial charge in [-0.25, -0.2) is 4.98 Å². The molecular formula is C16H18N2OS. The van der Waals surface area contributed by atoms with E-state index in [0.717, 1.165) is 16.3 Å². The predicted octanol–water partition coefficient (Wildman–Crippen LogP) is 4.33. The van der Waals surface area contributed by atoms with Crippen molar-refractivity contribution in [2.24, 2.45) is 5.92 Å². The largest absolute Gasteiger partial charge is 0.492 e. The highest BCUT2D eigenvalue weighted by Gasteiger charge is 2.10. The Bertz CT molecular complexity index is 633. The van der Waals surface area contributed by atoms with Gasteiger partial charge >= 0.3 is 0 Å². The smallest absolute Gasteiger partial charge is 0.137 e. The van der Waals surface area contributed by atoms with Gasteiger partial charge in [0.1, 0.15) is 16.8 Å². The minimum atomic E-state index is 0.436. The van der Waals surface area contributed by atoms with Gasteiger partial charge in [-0.2, -0.15) is 5.26 Å². The molecule has 104 valence electrons. The Balaban J connectivity index is 2.32. The molecule has 0 saturated carbocycles. The summed E-state index contributed by atoms with van der Waals surface area (Å²) in [6, 6.07) is 7.89. The van der Waals surface area contributed by atoms with Crippen LogP contribution in [0.15, 0.2) is 18.2 Å². The van der Waals surface area contributed by atoms with Crippen LogP contribution in [0.1, 0.15) is 30.0 Å². The number of hydrogen-bond acceptors (Lipinski definition) is 4. The Labute approximate surface area is 123 Å². The van der Waals surface area contributed by atoms with Crippen LogP contribution in [0.3, 0.4) is 0 Å². The standard InChI is InChI=1S/C16H18N2OS/c1-10(2)9-19-15-6-5-13(7-14(15)8-17)16-18-11(3)12(4)20-16/h5-7,10H,9H2,1-4H3. The predicted molar refractivity (Wildman–Crippen MR) is 82.1 cm³/mol. The number of benzene rings is 1. The van der Waals surface area contributed by atoms with Crippen LogP contribution in [0.5, 0.6) is 5.75 Å². The fraction of sp³-hybridized carbons (Fsp3) is 0.375. The zero-order valence-electron chi connectivity index (χ0n) is 12.2. The molecule has 0 amide bonds. The lowest BCUT2D eigenvalue weighted by Crippen LogP contribution is -2.05. The highest BCUT2D eigenvalue weighted by Crippen LogP contribution is 2.30. The number of rotatable bonds is 4. The number of aryl methyl sites for hydroxylation is 2. The van der Waals surface area contributed by atoms with E-state index in [1.54, 1.807) is 11.3 Å². The molecule has 3 nitrogen and oxygen atoms in total. The van der Waals surface area contributed by atoms with Gasteiger partial charge in [-0.05, 0) is 38.0 Å². The number of ether oxygens (including phenoxy) is 1. The molecule has 2 aromatic rings. The summed E-state index contributed by atoms with van der Waals surface area (Å²) in [7, 11) is 0. The lowest BCUT2D eigenvalue weighted by Gasteiger charge is -2.10. The molecule has 0 aliphatic heterocycles. The van der Waals surface area contributed by atoms with E-state index in [0.29, 0.717) is 23.8 Å². The minimum Gasteiger partial charge on any atom is -0.492 e. The van der Waals surface area contributed by atoms with Crippen molar-refractivity contribution in [1.82, 2.24) is 4.98 Å². The first kappa shape index (κ1) is 14.5. The monoisotopic (exact) mass is 286 g/mol. The first-order valence-electron chi connectivity index (χ1n) is 6.62. The van der Waals surface area contributed by atoms with Gasteiger partial charge in [0, 0.05) is 10.4 Å². The van der Waals surface area contributed by atoms with E-state index in [2.05, 4.69) is 31.8 Å². The van der Waals surface area contributed by atoms with E-state index in [-0.39, 0.29) is 0 Å². The number of aromatic nitrogens is 1. The SMILES string of the molecule is Cc1nc(-c2ccc(OCC(C)C)c(C#N)c2)sc1C. The van der Waals surface area contributed by atoms with Crippen LogP contribution in [-0.4, -0.2) is 11.6 Å². The molecule has 0 saturated heterocycles. The number of hydrogen-bond donors (Lipinski definition) is 0. The molecule has 1 aromatic carbocycles. The van der Waals surface area contributed by atoms with Crippen molar-refractivity contribution in [2.75, 3.05) is 6.61 Å². The maximum Gasteiger partial charge on any atom is 0.137 e. The summed E-state index contributed by atoms with van der Waals surface area (Å²) in [5.41, 5.74) is 2.58. The fourth-order valence-corrected chi connectivity index (χ4v) is 2.64. The maximum atomic E-state index is 9.27. The summed E-state index contributed by atoms with van der Waals surface area (Å²) in [5.74, 6) is 1.08. The second kappa shape index (κ2) is 6.06. The van der Waals surface area contributed by atoms with Gasteiger partial charge in [-0.15, -0.1) is 11.3 Å². The first-order chi connectivity index (χ1) is 9.51. The van der Waals surface area contributed by atoms with Gasteiger partial charge in [0.15, 0.2) is 0 Å². The highest BCUT2D eigenvalue weighted by atomic mass is 32.1. The van der Waals surface area contributed by atoms with E-state index < -0.39 is 0 Å². The zero-order valence-corrected chi connectivity index (χ0v) is 13.0. The molecule has 0 spiro atoms. The number of thiazole rings is 1. The maximum absolute atomic E-state index is 9.27. The van der Waals surface area contributed by atoms with Gasteiger partial charge in [-0.1, -0.05) is 13.8 Å². The molecule has 0 aliphatic rings. The van der Waals surface area contributed by atoms with Gasteiger partial charge in [-0.3, -0.25) is 0 Å². The van der Waals surface area contributed by atoms with Crippen molar-refractivity contribution in [3.8, 4) is 22.4 Å². The van der Waals surface area contributed by atoms with Gasteiger partial charge < -0.3 is 4.74 Å². The highest BCUT2D eigenvalue weighted by molar-refractivity contribution is 7.15. The molecule has 2 rings (SSSR count). The lowest BCUT2D eigenvalue weighted by molar-refractivity contribution is 0.270. The van der Waals surface area contributed by atoms with Crippen molar-refractivity contribution >= 4 is 11.3 Å². The third-order valence-electron chi connectivity index (χ3n) is 2.95. The summed E-state index contributed by atoms with van der Waals surface area (Å²) in [6.45, 7) is 8.84. The second-order valence-electron chi connectivity index (χ2n) is 5.19. The number of nitriles is 1. The molecule has 0 bridgehead atoms. The van der Waals surface area contributed by atoms with Gasteiger partial charge in [0.25, 0.3) is 0 Å². The first-order valence-corrected chi connectivity index (χ1v) is 7.44. The normalized spacial score (nSPS) is 10.6. The van der Waals surface area contributed by atoms with Crippen LogP contribution in [0.25, 0.3) is 10.6 Å². The molecule has 0 N–H and O–H groups in total. The molecule has 1 aromatic heterocycles. The molecule has 0 fully saturated rings. The third kappa shape index (κ3) is 3.17. The molecule has 20 heavy (non-hydrogen) atoms.